The van der Waals surface area contributed by atoms with E-state index in [1.165, 1.54) is 23.5 Å². The molecule has 0 saturated carbocycles. The molecule has 35 heavy (non-hydrogen) atoms. The molecule has 0 aliphatic rings. The van der Waals surface area contributed by atoms with Crippen molar-refractivity contribution in [2.45, 2.75) is 6.54 Å². The van der Waals surface area contributed by atoms with Gasteiger partial charge in [0.15, 0.2) is 5.75 Å². The molecule has 2 aromatic heterocycles. The van der Waals surface area contributed by atoms with E-state index in [4.69, 9.17) is 9.47 Å². The topological polar surface area (TPSA) is 60.7 Å². The highest BCUT2D eigenvalue weighted by Crippen LogP contribution is 2.47. The van der Waals surface area contributed by atoms with Gasteiger partial charge in [0.25, 0.3) is 5.56 Å². The summed E-state index contributed by atoms with van der Waals surface area (Å²) < 4.78 is 27.3. The van der Waals surface area contributed by atoms with Crippen LogP contribution >= 0.6 is 11.3 Å². The van der Waals surface area contributed by atoms with Gasteiger partial charge in [0.1, 0.15) is 17.3 Å². The second-order valence-corrected chi connectivity index (χ2v) is 9.07. The molecule has 0 spiro atoms. The number of hydrogen-bond donors (Lipinski definition) is 1. The van der Waals surface area contributed by atoms with Crippen LogP contribution in [-0.2, 0) is 11.3 Å². The monoisotopic (exact) mass is 487 g/mol. The van der Waals surface area contributed by atoms with Gasteiger partial charge in [-0.25, -0.2) is 4.39 Å². The van der Waals surface area contributed by atoms with Crippen LogP contribution in [0.15, 0.2) is 89.9 Å². The first-order chi connectivity index (χ1) is 17.0. The predicted octanol–water partition coefficient (Wildman–Crippen LogP) is 6.68. The summed E-state index contributed by atoms with van der Waals surface area (Å²) in [7, 11) is 1.61. The zero-order chi connectivity index (χ0) is 24.4. The maximum Gasteiger partial charge on any atom is 0.251 e. The van der Waals surface area contributed by atoms with E-state index in [-0.39, 0.29) is 17.1 Å². The van der Waals surface area contributed by atoms with Gasteiger partial charge >= 0.3 is 0 Å². The Morgan fingerprint density at radius 2 is 1.66 bits per heavy atom. The molecule has 0 amide bonds. The third-order valence-corrected chi connectivity index (χ3v) is 6.86. The molecule has 5 rings (SSSR count). The maximum atomic E-state index is 13.5. The number of aromatic nitrogens is 1. The van der Waals surface area contributed by atoms with Gasteiger partial charge in [-0.1, -0.05) is 24.3 Å². The molecule has 2 heterocycles. The van der Waals surface area contributed by atoms with Crippen LogP contribution in [0.5, 0.6) is 17.2 Å². The molecule has 3 aromatic carbocycles. The highest BCUT2D eigenvalue weighted by molar-refractivity contribution is 7.22. The fourth-order valence-electron chi connectivity index (χ4n) is 3.85. The average Bonchev–Trinajstić information content (AvgIpc) is 3.21. The van der Waals surface area contributed by atoms with Crippen LogP contribution in [0.2, 0.25) is 0 Å². The van der Waals surface area contributed by atoms with Gasteiger partial charge in [0.05, 0.1) is 11.5 Å². The van der Waals surface area contributed by atoms with Crippen molar-refractivity contribution < 1.29 is 19.0 Å². The number of aromatic hydroxyl groups is 1. The van der Waals surface area contributed by atoms with Crippen molar-refractivity contribution >= 4 is 21.4 Å². The largest absolute Gasteiger partial charge is 0.508 e. The van der Waals surface area contributed by atoms with E-state index in [0.29, 0.717) is 24.7 Å². The fraction of sp³-hybridized carbons (Fsp3) is 0.107. The molecule has 0 fully saturated rings. The minimum atomic E-state index is -0.308. The smallest absolute Gasteiger partial charge is 0.251 e. The van der Waals surface area contributed by atoms with E-state index >= 15 is 0 Å². The van der Waals surface area contributed by atoms with Crippen LogP contribution in [0.1, 0.15) is 0 Å². The lowest BCUT2D eigenvalue weighted by atomic mass is 10.1. The Bertz CT molecular complexity index is 1540. The molecule has 0 bridgehead atoms. The number of ether oxygens (including phenoxy) is 2. The zero-order valence-electron chi connectivity index (χ0n) is 18.9. The quantitative estimate of drug-likeness (QED) is 0.278. The van der Waals surface area contributed by atoms with Crippen molar-refractivity contribution in [1.82, 2.24) is 4.57 Å². The van der Waals surface area contributed by atoms with Gasteiger partial charge < -0.3 is 19.1 Å². The average molecular weight is 488 g/mol. The molecule has 0 atom stereocenters. The summed E-state index contributed by atoms with van der Waals surface area (Å²) >= 11 is 1.47. The Morgan fingerprint density at radius 3 is 2.37 bits per heavy atom. The van der Waals surface area contributed by atoms with E-state index in [1.807, 2.05) is 36.4 Å². The molecule has 0 saturated heterocycles. The van der Waals surface area contributed by atoms with Gasteiger partial charge in [-0.3, -0.25) is 4.79 Å². The van der Waals surface area contributed by atoms with Crippen molar-refractivity contribution in [3.8, 4) is 38.8 Å². The van der Waals surface area contributed by atoms with E-state index < -0.39 is 0 Å². The van der Waals surface area contributed by atoms with Gasteiger partial charge in [-0.05, 0) is 65.2 Å². The number of thiophene rings is 1. The number of fused-ring (bicyclic) bond motifs is 1. The molecule has 1 N–H and O–H groups in total. The Kier molecular flexibility index (Phi) is 6.35. The minimum absolute atomic E-state index is 0.0863. The predicted molar refractivity (Wildman–Crippen MR) is 137 cm³/mol. The van der Waals surface area contributed by atoms with Crippen molar-refractivity contribution in [3.05, 3.63) is 101 Å². The normalized spacial score (nSPS) is 11.1. The van der Waals surface area contributed by atoms with Gasteiger partial charge in [-0.15, -0.1) is 11.3 Å². The third kappa shape index (κ3) is 4.82. The lowest BCUT2D eigenvalue weighted by Gasteiger charge is -2.10. The molecule has 0 aliphatic heterocycles. The number of rotatable bonds is 7. The Balaban J connectivity index is 1.46. The second kappa shape index (κ2) is 9.74. The number of hydrogen-bond acceptors (Lipinski definition) is 5. The molecule has 176 valence electrons. The molecule has 0 radical (unpaired) electrons. The summed E-state index contributed by atoms with van der Waals surface area (Å²) in [5.74, 6) is 1.13. The molecule has 0 aliphatic carbocycles. The summed E-state index contributed by atoms with van der Waals surface area (Å²) in [6, 6.07) is 22.4. The third-order valence-electron chi connectivity index (χ3n) is 5.67. The Labute approximate surface area is 205 Å². The van der Waals surface area contributed by atoms with Crippen molar-refractivity contribution in [3.63, 3.8) is 0 Å². The molecule has 5 nitrogen and oxygen atoms in total. The first-order valence-corrected chi connectivity index (χ1v) is 11.8. The zero-order valence-corrected chi connectivity index (χ0v) is 19.7. The lowest BCUT2D eigenvalue weighted by Crippen LogP contribution is -2.20. The molecule has 7 heteroatoms. The number of halogens is 1. The summed E-state index contributed by atoms with van der Waals surface area (Å²) in [6.07, 6.45) is 1.77. The van der Waals surface area contributed by atoms with Gasteiger partial charge in [0, 0.05) is 36.0 Å². The Hall–Kier alpha value is -3.94. The van der Waals surface area contributed by atoms with Crippen molar-refractivity contribution in [1.29, 1.82) is 0 Å². The molecular weight excluding hydrogens is 465 g/mol. The summed E-state index contributed by atoms with van der Waals surface area (Å²) in [4.78, 5) is 13.2. The summed E-state index contributed by atoms with van der Waals surface area (Å²) in [5, 5.41) is 10.8. The first-order valence-electron chi connectivity index (χ1n) is 11.0. The van der Waals surface area contributed by atoms with E-state index in [0.717, 1.165) is 31.7 Å². The summed E-state index contributed by atoms with van der Waals surface area (Å²) in [5.41, 5.74) is 2.45. The highest BCUT2D eigenvalue weighted by atomic mass is 32.1. The fourth-order valence-corrected chi connectivity index (χ4v) is 5.02. The number of pyridine rings is 1. The molecule has 5 aromatic rings. The van der Waals surface area contributed by atoms with Crippen molar-refractivity contribution in [2.24, 2.45) is 0 Å². The van der Waals surface area contributed by atoms with E-state index in [2.05, 4.69) is 0 Å². The molecular formula is C28H22FNO4S. The SMILES string of the molecule is COCCn1ccc(-c2ccc(Oc3c(-c4ccc(F)cc4)sc4cc(O)ccc34)cc2)cc1=O. The maximum absolute atomic E-state index is 13.5. The van der Waals surface area contributed by atoms with Crippen LogP contribution in [-0.4, -0.2) is 23.4 Å². The number of benzene rings is 3. The van der Waals surface area contributed by atoms with Crippen molar-refractivity contribution in [2.75, 3.05) is 13.7 Å². The molecule has 0 unspecified atom stereocenters. The number of phenols is 1. The minimum Gasteiger partial charge on any atom is -0.508 e. The van der Waals surface area contributed by atoms with Gasteiger partial charge in [-0.2, -0.15) is 0 Å². The van der Waals surface area contributed by atoms with Gasteiger partial charge in [0.2, 0.25) is 0 Å². The van der Waals surface area contributed by atoms with E-state index in [9.17, 15) is 14.3 Å². The number of phenolic OH excluding ortho intramolecular Hbond substituents is 1. The standard InChI is InChI=1S/C28H22FNO4S/c1-33-15-14-30-13-12-20(16-26(30)32)18-4-9-23(10-5-18)34-27-24-11-8-22(31)17-25(24)35-28(27)19-2-6-21(29)7-3-19/h2-13,16-17,31H,14-15H2,1H3. The summed E-state index contributed by atoms with van der Waals surface area (Å²) in [6.45, 7) is 0.979. The van der Waals surface area contributed by atoms with Crippen LogP contribution in [0.3, 0.4) is 0 Å². The van der Waals surface area contributed by atoms with Crippen LogP contribution < -0.4 is 10.3 Å². The number of nitrogens with zero attached hydrogens (tertiary/aromatic N) is 1. The highest BCUT2D eigenvalue weighted by Gasteiger charge is 2.17. The first kappa shape index (κ1) is 22.8. The number of methoxy groups -OCH3 is 1. The Morgan fingerprint density at radius 1 is 0.914 bits per heavy atom. The lowest BCUT2D eigenvalue weighted by molar-refractivity contribution is 0.186. The second-order valence-electron chi connectivity index (χ2n) is 8.01. The van der Waals surface area contributed by atoms with Crippen LogP contribution in [0, 0.1) is 5.82 Å². The van der Waals surface area contributed by atoms with Crippen LogP contribution in [0.25, 0.3) is 31.7 Å². The van der Waals surface area contributed by atoms with Crippen LogP contribution in [0.4, 0.5) is 4.39 Å². The van der Waals surface area contributed by atoms with E-state index in [1.54, 1.807) is 48.2 Å².